The highest BCUT2D eigenvalue weighted by Gasteiger charge is 2.33. The van der Waals surface area contributed by atoms with Crippen LogP contribution in [0.4, 0.5) is 13.2 Å². The second-order valence-corrected chi connectivity index (χ2v) is 4.94. The molecule has 1 aromatic rings. The number of carboxylic acids is 1. The Balaban J connectivity index is 3.03. The van der Waals surface area contributed by atoms with Gasteiger partial charge in [0.25, 0.3) is 5.91 Å². The first-order valence-electron chi connectivity index (χ1n) is 5.68. The van der Waals surface area contributed by atoms with E-state index in [0.717, 1.165) is 6.07 Å². The zero-order valence-corrected chi connectivity index (χ0v) is 12.2. The largest absolute Gasteiger partial charge is 0.480 e. The Labute approximate surface area is 126 Å². The van der Waals surface area contributed by atoms with E-state index < -0.39 is 29.7 Å². The van der Waals surface area contributed by atoms with E-state index >= 15 is 0 Å². The molecule has 0 aliphatic carbocycles. The second kappa shape index (κ2) is 6.75. The number of carboxylic acid groups (broad SMARTS) is 1. The molecule has 0 heterocycles. The second-order valence-electron chi connectivity index (χ2n) is 4.08. The maximum atomic E-state index is 12.7. The summed E-state index contributed by atoms with van der Waals surface area (Å²) in [5, 5.41) is 11.0. The number of hydrogen-bond acceptors (Lipinski definition) is 2. The Morgan fingerprint density at radius 1 is 1.43 bits per heavy atom. The molecule has 0 aromatic heterocycles. The van der Waals surface area contributed by atoms with Crippen LogP contribution >= 0.6 is 15.9 Å². The van der Waals surface area contributed by atoms with Gasteiger partial charge in [-0.05, 0) is 24.6 Å². The first kappa shape index (κ1) is 17.2. The molecule has 0 saturated carbocycles. The van der Waals surface area contributed by atoms with Crippen LogP contribution in [-0.4, -0.2) is 23.0 Å². The predicted octanol–water partition coefficient (Wildman–Crippen LogP) is 3.23. The van der Waals surface area contributed by atoms with E-state index in [1.54, 1.807) is 0 Å². The van der Waals surface area contributed by atoms with Crippen molar-refractivity contribution >= 4 is 27.8 Å². The summed E-state index contributed by atoms with van der Waals surface area (Å²) in [5.74, 6) is -2.20. The highest BCUT2D eigenvalue weighted by molar-refractivity contribution is 9.10. The summed E-state index contributed by atoms with van der Waals surface area (Å²) in [5.41, 5.74) is -1.29. The smallest absolute Gasteiger partial charge is 0.417 e. The number of hydrogen-bond donors (Lipinski definition) is 2. The molecule has 0 spiro atoms. The molecule has 114 valence electrons. The number of alkyl halides is 3. The number of aliphatic carboxylic acids is 1. The fraction of sp³-hybridized carbons (Fsp3) is 0.231. The van der Waals surface area contributed by atoms with Gasteiger partial charge in [0.05, 0.1) is 5.56 Å². The summed E-state index contributed by atoms with van der Waals surface area (Å²) in [4.78, 5) is 22.7. The van der Waals surface area contributed by atoms with Crippen LogP contribution in [0.25, 0.3) is 0 Å². The minimum Gasteiger partial charge on any atom is -0.480 e. The van der Waals surface area contributed by atoms with Gasteiger partial charge in [-0.2, -0.15) is 13.2 Å². The van der Waals surface area contributed by atoms with Crippen LogP contribution in [0, 0.1) is 0 Å². The number of rotatable bonds is 5. The first-order valence-corrected chi connectivity index (χ1v) is 6.47. The van der Waals surface area contributed by atoms with Crippen molar-refractivity contribution in [1.29, 1.82) is 0 Å². The van der Waals surface area contributed by atoms with Crippen molar-refractivity contribution in [3.63, 3.8) is 0 Å². The Hall–Kier alpha value is -1.83. The monoisotopic (exact) mass is 365 g/mol. The zero-order chi connectivity index (χ0) is 16.2. The van der Waals surface area contributed by atoms with Gasteiger partial charge in [0.15, 0.2) is 0 Å². The van der Waals surface area contributed by atoms with Gasteiger partial charge < -0.3 is 10.4 Å². The average Bonchev–Trinajstić information content (AvgIpc) is 2.37. The summed E-state index contributed by atoms with van der Waals surface area (Å²) in [7, 11) is 0. The van der Waals surface area contributed by atoms with E-state index in [0.29, 0.717) is 6.07 Å². The van der Waals surface area contributed by atoms with Gasteiger partial charge in [0.1, 0.15) is 6.04 Å². The molecule has 2 N–H and O–H groups in total. The number of nitrogens with one attached hydrogen (secondary N) is 1. The van der Waals surface area contributed by atoms with Crippen LogP contribution < -0.4 is 5.32 Å². The van der Waals surface area contributed by atoms with Gasteiger partial charge in [-0.3, -0.25) is 4.79 Å². The molecule has 0 bridgehead atoms. The van der Waals surface area contributed by atoms with E-state index in [9.17, 15) is 22.8 Å². The summed E-state index contributed by atoms with van der Waals surface area (Å²) >= 11 is 2.76. The van der Waals surface area contributed by atoms with Gasteiger partial charge in [-0.25, -0.2) is 4.79 Å². The van der Waals surface area contributed by atoms with Crippen LogP contribution in [0.1, 0.15) is 22.3 Å². The van der Waals surface area contributed by atoms with E-state index in [4.69, 9.17) is 5.11 Å². The molecule has 1 unspecified atom stereocenters. The summed E-state index contributed by atoms with van der Waals surface area (Å²) in [6, 6.07) is 1.67. The fourth-order valence-corrected chi connectivity index (χ4v) is 1.98. The fourth-order valence-electron chi connectivity index (χ4n) is 1.51. The molecule has 0 fully saturated rings. The van der Waals surface area contributed by atoms with Crippen molar-refractivity contribution in [2.24, 2.45) is 0 Å². The Bertz CT molecular complexity index is 572. The number of benzene rings is 1. The van der Waals surface area contributed by atoms with Crippen molar-refractivity contribution in [2.45, 2.75) is 18.6 Å². The van der Waals surface area contributed by atoms with Gasteiger partial charge in [0, 0.05) is 10.0 Å². The Kier molecular flexibility index (Phi) is 5.54. The minimum atomic E-state index is -4.62. The number of halogens is 4. The first-order chi connectivity index (χ1) is 9.66. The summed E-state index contributed by atoms with van der Waals surface area (Å²) in [6.07, 6.45) is -3.37. The van der Waals surface area contributed by atoms with Crippen molar-refractivity contribution in [2.75, 3.05) is 0 Å². The maximum Gasteiger partial charge on any atom is 0.417 e. The van der Waals surface area contributed by atoms with Gasteiger partial charge in [-0.1, -0.05) is 22.0 Å². The predicted molar refractivity (Wildman–Crippen MR) is 72.8 cm³/mol. The van der Waals surface area contributed by atoms with Gasteiger partial charge in [-0.15, -0.1) is 6.58 Å². The zero-order valence-electron chi connectivity index (χ0n) is 10.6. The quantitative estimate of drug-likeness (QED) is 0.787. The van der Waals surface area contributed by atoms with Crippen molar-refractivity contribution < 1.29 is 27.9 Å². The lowest BCUT2D eigenvalue weighted by Crippen LogP contribution is -2.40. The summed E-state index contributed by atoms with van der Waals surface area (Å²) < 4.78 is 38.0. The molecule has 1 aromatic carbocycles. The molecule has 8 heteroatoms. The van der Waals surface area contributed by atoms with Crippen LogP contribution in [-0.2, 0) is 11.0 Å². The van der Waals surface area contributed by atoms with E-state index in [1.807, 2.05) is 0 Å². The SMILES string of the molecule is C=CCC(NC(=O)c1ccc(Br)c(C(F)(F)F)c1)C(=O)O. The molecule has 0 aliphatic rings. The Morgan fingerprint density at radius 2 is 2.05 bits per heavy atom. The topological polar surface area (TPSA) is 66.4 Å². The highest BCUT2D eigenvalue weighted by atomic mass is 79.9. The van der Waals surface area contributed by atoms with Crippen LogP contribution in [0.3, 0.4) is 0 Å². The molecule has 21 heavy (non-hydrogen) atoms. The molecule has 1 amide bonds. The van der Waals surface area contributed by atoms with Crippen LogP contribution in [0.15, 0.2) is 35.3 Å². The van der Waals surface area contributed by atoms with E-state index in [1.165, 1.54) is 12.1 Å². The molecule has 0 saturated heterocycles. The number of amides is 1. The number of carbonyl (C=O) groups excluding carboxylic acids is 1. The lowest BCUT2D eigenvalue weighted by atomic mass is 10.1. The molecule has 0 aliphatic heterocycles. The number of carbonyl (C=O) groups is 2. The molecule has 1 rings (SSSR count). The standard InChI is InChI=1S/C13H11BrF3NO3/c1-2-3-10(12(20)21)18-11(19)7-4-5-9(14)8(6-7)13(15,16)17/h2,4-6,10H,1,3H2,(H,18,19)(H,20,21). The molecule has 0 radical (unpaired) electrons. The van der Waals surface area contributed by atoms with Crippen molar-refractivity contribution in [3.05, 3.63) is 46.5 Å². The maximum absolute atomic E-state index is 12.7. The lowest BCUT2D eigenvalue weighted by molar-refractivity contribution is -0.139. The third-order valence-electron chi connectivity index (χ3n) is 2.54. The lowest BCUT2D eigenvalue weighted by Gasteiger charge is -2.14. The van der Waals surface area contributed by atoms with Crippen molar-refractivity contribution in [1.82, 2.24) is 5.32 Å². The van der Waals surface area contributed by atoms with Gasteiger partial charge >= 0.3 is 12.1 Å². The molecular weight excluding hydrogens is 355 g/mol. The third kappa shape index (κ3) is 4.59. The normalized spacial score (nSPS) is 12.6. The van der Waals surface area contributed by atoms with Crippen LogP contribution in [0.5, 0.6) is 0 Å². The molecular formula is C13H11BrF3NO3. The van der Waals surface area contributed by atoms with E-state index in [-0.39, 0.29) is 16.5 Å². The minimum absolute atomic E-state index is 0.0380. The van der Waals surface area contributed by atoms with Crippen molar-refractivity contribution in [3.8, 4) is 0 Å². The van der Waals surface area contributed by atoms with Gasteiger partial charge in [0.2, 0.25) is 0 Å². The Morgan fingerprint density at radius 3 is 2.52 bits per heavy atom. The van der Waals surface area contributed by atoms with Crippen LogP contribution in [0.2, 0.25) is 0 Å². The van der Waals surface area contributed by atoms with E-state index in [2.05, 4.69) is 27.8 Å². The third-order valence-corrected chi connectivity index (χ3v) is 3.23. The molecule has 1 atom stereocenters. The summed E-state index contributed by atoms with van der Waals surface area (Å²) in [6.45, 7) is 3.35. The average molecular weight is 366 g/mol. The molecule has 4 nitrogen and oxygen atoms in total. The highest BCUT2D eigenvalue weighted by Crippen LogP contribution is 2.35.